The average molecular weight is 448 g/mol. The van der Waals surface area contributed by atoms with E-state index in [1.54, 1.807) is 17.0 Å². The third kappa shape index (κ3) is 4.48. The Bertz CT molecular complexity index is 1300. The first-order chi connectivity index (χ1) is 15.1. The highest BCUT2D eigenvalue weighted by Gasteiger charge is 2.14. The van der Waals surface area contributed by atoms with Gasteiger partial charge in [0.05, 0.1) is 28.4 Å². The van der Waals surface area contributed by atoms with Gasteiger partial charge < -0.3 is 10.1 Å². The lowest BCUT2D eigenvalue weighted by Crippen LogP contribution is -2.25. The minimum atomic E-state index is -0.391. The predicted molar refractivity (Wildman–Crippen MR) is 122 cm³/mol. The largest absolute Gasteiger partial charge is 0.465 e. The monoisotopic (exact) mass is 447 g/mol. The van der Waals surface area contributed by atoms with E-state index in [1.807, 2.05) is 30.3 Å². The number of nitrogens with zero attached hydrogens (tertiary/aromatic N) is 2. The zero-order valence-corrected chi connectivity index (χ0v) is 18.2. The van der Waals surface area contributed by atoms with Crippen molar-refractivity contribution in [1.29, 1.82) is 0 Å². The Labute approximate surface area is 186 Å². The molecule has 1 amide bonds. The lowest BCUT2D eigenvalue weighted by molar-refractivity contribution is 0.0600. The maximum atomic E-state index is 12.1. The number of fused-ring (bicyclic) bond motifs is 1. The molecule has 0 aliphatic carbocycles. The summed E-state index contributed by atoms with van der Waals surface area (Å²) >= 11 is 2.80. The fraction of sp³-hybridized carbons (Fsp3) is 0.130. The molecule has 0 fully saturated rings. The summed E-state index contributed by atoms with van der Waals surface area (Å²) < 4.78 is 5.88. The summed E-state index contributed by atoms with van der Waals surface area (Å²) in [6.45, 7) is 0.484. The molecule has 0 atom stereocenters. The summed E-state index contributed by atoms with van der Waals surface area (Å²) in [6.07, 6.45) is 5.97. The van der Waals surface area contributed by atoms with Crippen molar-refractivity contribution in [1.82, 2.24) is 15.3 Å². The topological polar surface area (TPSA) is 81.2 Å². The molecule has 1 N–H and O–H groups in total. The fourth-order valence-electron chi connectivity index (χ4n) is 3.13. The van der Waals surface area contributed by atoms with Crippen LogP contribution in [0.15, 0.2) is 47.3 Å². The van der Waals surface area contributed by atoms with E-state index in [-0.39, 0.29) is 5.91 Å². The quantitative estimate of drug-likeness (QED) is 0.355. The molecular weight excluding hydrogens is 430 g/mol. The summed E-state index contributed by atoms with van der Waals surface area (Å²) in [7, 11) is 1.36. The van der Waals surface area contributed by atoms with Gasteiger partial charge in [0, 0.05) is 17.5 Å². The first-order valence-corrected chi connectivity index (χ1v) is 11.1. The maximum Gasteiger partial charge on any atom is 0.337 e. The number of hydrogen-bond acceptors (Lipinski definition) is 7. The van der Waals surface area contributed by atoms with Gasteiger partial charge in [-0.2, -0.15) is 0 Å². The van der Waals surface area contributed by atoms with Crippen LogP contribution in [0.1, 0.15) is 31.4 Å². The van der Waals surface area contributed by atoms with E-state index in [2.05, 4.69) is 21.2 Å². The van der Waals surface area contributed by atoms with Crippen molar-refractivity contribution >= 4 is 44.8 Å². The van der Waals surface area contributed by atoms with Gasteiger partial charge in [0.15, 0.2) is 5.01 Å². The summed E-state index contributed by atoms with van der Waals surface area (Å²) in [4.78, 5) is 32.6. The minimum Gasteiger partial charge on any atom is -0.465 e. The fourth-order valence-corrected chi connectivity index (χ4v) is 4.54. The summed E-state index contributed by atoms with van der Waals surface area (Å²) in [5, 5.41) is 5.00. The van der Waals surface area contributed by atoms with Crippen LogP contribution in [0.3, 0.4) is 0 Å². The Hall–Kier alpha value is -3.54. The van der Waals surface area contributed by atoms with E-state index in [1.165, 1.54) is 29.8 Å². The van der Waals surface area contributed by atoms with Crippen molar-refractivity contribution in [2.45, 2.75) is 6.42 Å². The summed E-state index contributed by atoms with van der Waals surface area (Å²) in [5.74, 6) is 1.80. The standard InChI is InChI=1S/C23H17N3O3S2/c1-3-20-26-19(12-30-20)22(27)24-9-8-14-4-6-15(7-5-14)17-10-16(23(28)29-2)11-18-21(17)31-13-25-18/h1,4-7,10-13H,8-9H2,2H3,(H,24,27). The zero-order chi connectivity index (χ0) is 21.8. The Morgan fingerprint density at radius 3 is 2.71 bits per heavy atom. The van der Waals surface area contributed by atoms with Crippen LogP contribution in [0, 0.1) is 12.3 Å². The first-order valence-electron chi connectivity index (χ1n) is 9.34. The van der Waals surface area contributed by atoms with Crippen molar-refractivity contribution in [2.24, 2.45) is 0 Å². The summed E-state index contributed by atoms with van der Waals surface area (Å²) in [5.41, 5.74) is 6.34. The second kappa shape index (κ2) is 9.08. The Kier molecular flexibility index (Phi) is 6.07. The van der Waals surface area contributed by atoms with Gasteiger partial charge >= 0.3 is 5.97 Å². The van der Waals surface area contributed by atoms with Gasteiger partial charge in [0.2, 0.25) is 0 Å². The molecule has 0 saturated heterocycles. The minimum absolute atomic E-state index is 0.235. The number of hydrogen-bond donors (Lipinski definition) is 1. The Morgan fingerprint density at radius 1 is 1.19 bits per heavy atom. The number of thiazole rings is 2. The van der Waals surface area contributed by atoms with Gasteiger partial charge in [-0.25, -0.2) is 14.8 Å². The van der Waals surface area contributed by atoms with Crippen molar-refractivity contribution < 1.29 is 14.3 Å². The van der Waals surface area contributed by atoms with Gasteiger partial charge in [-0.3, -0.25) is 4.79 Å². The number of amides is 1. The lowest BCUT2D eigenvalue weighted by Gasteiger charge is -2.08. The van der Waals surface area contributed by atoms with E-state index in [0.29, 0.717) is 29.2 Å². The van der Waals surface area contributed by atoms with E-state index in [0.717, 1.165) is 26.9 Å². The summed E-state index contributed by atoms with van der Waals surface area (Å²) in [6, 6.07) is 11.6. The van der Waals surface area contributed by atoms with Gasteiger partial charge in [-0.15, -0.1) is 29.1 Å². The van der Waals surface area contributed by atoms with E-state index >= 15 is 0 Å². The van der Waals surface area contributed by atoms with Gasteiger partial charge in [0.25, 0.3) is 5.91 Å². The number of carbonyl (C=O) groups is 2. The van der Waals surface area contributed by atoms with Crippen molar-refractivity contribution in [3.63, 3.8) is 0 Å². The third-order valence-corrected chi connectivity index (χ3v) is 6.33. The third-order valence-electron chi connectivity index (χ3n) is 4.68. The van der Waals surface area contributed by atoms with Crippen molar-refractivity contribution in [3.8, 4) is 23.5 Å². The molecule has 2 aromatic carbocycles. The molecule has 0 bridgehead atoms. The van der Waals surface area contributed by atoms with Crippen LogP contribution in [0.5, 0.6) is 0 Å². The second-order valence-electron chi connectivity index (χ2n) is 6.60. The lowest BCUT2D eigenvalue weighted by atomic mass is 10.0. The van der Waals surface area contributed by atoms with E-state index in [9.17, 15) is 9.59 Å². The van der Waals surface area contributed by atoms with Crippen LogP contribution in [-0.4, -0.2) is 35.5 Å². The number of benzene rings is 2. The number of rotatable bonds is 6. The van der Waals surface area contributed by atoms with Crippen molar-refractivity contribution in [2.75, 3.05) is 13.7 Å². The predicted octanol–water partition coefficient (Wildman–Crippen LogP) is 4.16. The molecule has 0 saturated carbocycles. The number of carbonyl (C=O) groups excluding carboxylic acids is 2. The molecule has 2 aromatic heterocycles. The molecule has 0 aliphatic rings. The SMILES string of the molecule is C#Cc1nc(C(=O)NCCc2ccc(-c3cc(C(=O)OC)cc4ncsc34)cc2)cs1. The molecule has 0 aliphatic heterocycles. The van der Waals surface area contributed by atoms with Gasteiger partial charge in [-0.1, -0.05) is 24.3 Å². The Balaban J connectivity index is 1.46. The van der Waals surface area contributed by atoms with E-state index < -0.39 is 5.97 Å². The number of nitrogens with one attached hydrogen (secondary N) is 1. The maximum absolute atomic E-state index is 12.1. The second-order valence-corrected chi connectivity index (χ2v) is 8.31. The normalized spacial score (nSPS) is 10.6. The Morgan fingerprint density at radius 2 is 2.00 bits per heavy atom. The van der Waals surface area contributed by atoms with Gasteiger partial charge in [-0.05, 0) is 35.6 Å². The number of ether oxygens (including phenoxy) is 1. The smallest absolute Gasteiger partial charge is 0.337 e. The molecule has 4 rings (SSSR count). The van der Waals surface area contributed by atoms with Crippen LogP contribution < -0.4 is 5.32 Å². The number of terminal acetylenes is 1. The van der Waals surface area contributed by atoms with Gasteiger partial charge in [0.1, 0.15) is 5.69 Å². The highest BCUT2D eigenvalue weighted by Crippen LogP contribution is 2.33. The first kappa shape index (κ1) is 20.7. The average Bonchev–Trinajstić information content (AvgIpc) is 3.47. The highest BCUT2D eigenvalue weighted by molar-refractivity contribution is 7.17. The number of methoxy groups -OCH3 is 1. The molecule has 0 spiro atoms. The van der Waals surface area contributed by atoms with E-state index in [4.69, 9.17) is 11.2 Å². The zero-order valence-electron chi connectivity index (χ0n) is 16.5. The molecule has 154 valence electrons. The van der Waals surface area contributed by atoms with Crippen LogP contribution in [-0.2, 0) is 11.2 Å². The van der Waals surface area contributed by atoms with Crippen LogP contribution in [0.25, 0.3) is 21.3 Å². The molecule has 31 heavy (non-hydrogen) atoms. The number of esters is 1. The molecule has 4 aromatic rings. The molecule has 6 nitrogen and oxygen atoms in total. The van der Waals surface area contributed by atoms with Crippen LogP contribution >= 0.6 is 22.7 Å². The molecule has 0 radical (unpaired) electrons. The molecule has 0 unspecified atom stereocenters. The van der Waals surface area contributed by atoms with Crippen LogP contribution in [0.2, 0.25) is 0 Å². The molecular formula is C23H17N3O3S2. The number of aromatic nitrogens is 2. The van der Waals surface area contributed by atoms with Crippen LogP contribution in [0.4, 0.5) is 0 Å². The van der Waals surface area contributed by atoms with Crippen molar-refractivity contribution in [3.05, 3.63) is 69.1 Å². The molecule has 2 heterocycles. The molecule has 8 heteroatoms. The highest BCUT2D eigenvalue weighted by atomic mass is 32.1.